The normalized spacial score (nSPS) is 17.4. The highest BCUT2D eigenvalue weighted by atomic mass is 16.5. The predicted octanol–water partition coefficient (Wildman–Crippen LogP) is 2.58. The Morgan fingerprint density at radius 3 is 2.97 bits per heavy atom. The highest BCUT2D eigenvalue weighted by Crippen LogP contribution is 2.28. The smallest absolute Gasteiger partial charge is 0.273 e. The molecule has 29 heavy (non-hydrogen) atoms. The van der Waals surface area contributed by atoms with Crippen molar-refractivity contribution >= 4 is 5.91 Å². The standard InChI is InChI=1S/C21H31N5O3/c1-15(2)22-21(28)19-14-26(24-23-19)11-9-17-6-4-5-10-25(17)13-16-12-18(29-3)7-8-20(16)27/h7-8,12,14-15,17,27H,4-6,9-11,13H2,1-3H3,(H,22,28). The molecule has 8 heteroatoms. The number of phenols is 1. The van der Waals surface area contributed by atoms with Crippen LogP contribution in [0, 0.1) is 0 Å². The average molecular weight is 402 g/mol. The van der Waals surface area contributed by atoms with E-state index in [-0.39, 0.29) is 11.9 Å². The van der Waals surface area contributed by atoms with Crippen molar-refractivity contribution in [2.75, 3.05) is 13.7 Å². The topological polar surface area (TPSA) is 92.5 Å². The lowest BCUT2D eigenvalue weighted by Crippen LogP contribution is -2.39. The monoisotopic (exact) mass is 401 g/mol. The number of methoxy groups -OCH3 is 1. The molecule has 1 unspecified atom stereocenters. The third-order valence-corrected chi connectivity index (χ3v) is 5.29. The van der Waals surface area contributed by atoms with Gasteiger partial charge in [0.15, 0.2) is 5.69 Å². The molecule has 1 aliphatic heterocycles. The number of aromatic nitrogens is 3. The highest BCUT2D eigenvalue weighted by molar-refractivity contribution is 5.91. The van der Waals surface area contributed by atoms with Crippen molar-refractivity contribution in [3.05, 3.63) is 35.7 Å². The molecular weight excluding hydrogens is 370 g/mol. The molecule has 0 radical (unpaired) electrons. The van der Waals surface area contributed by atoms with Crippen LogP contribution in [0.25, 0.3) is 0 Å². The van der Waals surface area contributed by atoms with E-state index in [1.807, 2.05) is 19.9 Å². The maximum absolute atomic E-state index is 12.0. The number of amides is 1. The van der Waals surface area contributed by atoms with Gasteiger partial charge < -0.3 is 15.2 Å². The van der Waals surface area contributed by atoms with Gasteiger partial charge in [0.05, 0.1) is 13.3 Å². The van der Waals surface area contributed by atoms with Crippen LogP contribution in [0.2, 0.25) is 0 Å². The van der Waals surface area contributed by atoms with Gasteiger partial charge in [-0.3, -0.25) is 14.4 Å². The molecule has 2 aromatic rings. The summed E-state index contributed by atoms with van der Waals surface area (Å²) in [5, 5.41) is 21.2. The molecular formula is C21H31N5O3. The predicted molar refractivity (Wildman–Crippen MR) is 110 cm³/mol. The number of piperidine rings is 1. The van der Waals surface area contributed by atoms with E-state index in [4.69, 9.17) is 4.74 Å². The zero-order chi connectivity index (χ0) is 20.8. The van der Waals surface area contributed by atoms with Gasteiger partial charge in [-0.1, -0.05) is 11.6 Å². The fourth-order valence-corrected chi connectivity index (χ4v) is 3.76. The zero-order valence-electron chi connectivity index (χ0n) is 17.5. The van der Waals surface area contributed by atoms with E-state index in [1.54, 1.807) is 30.1 Å². The summed E-state index contributed by atoms with van der Waals surface area (Å²) in [5.74, 6) is 0.854. The van der Waals surface area contributed by atoms with Crippen molar-refractivity contribution in [1.82, 2.24) is 25.2 Å². The fourth-order valence-electron chi connectivity index (χ4n) is 3.76. The number of carbonyl (C=O) groups is 1. The number of benzene rings is 1. The van der Waals surface area contributed by atoms with E-state index in [9.17, 15) is 9.90 Å². The van der Waals surface area contributed by atoms with E-state index in [0.717, 1.165) is 37.1 Å². The first-order valence-corrected chi connectivity index (χ1v) is 10.3. The molecule has 158 valence electrons. The Balaban J connectivity index is 1.61. The Bertz CT molecular complexity index is 820. The first-order valence-electron chi connectivity index (χ1n) is 10.3. The Hall–Kier alpha value is -2.61. The summed E-state index contributed by atoms with van der Waals surface area (Å²) in [6.45, 7) is 6.22. The molecule has 8 nitrogen and oxygen atoms in total. The maximum Gasteiger partial charge on any atom is 0.273 e. The van der Waals surface area contributed by atoms with E-state index < -0.39 is 0 Å². The summed E-state index contributed by atoms with van der Waals surface area (Å²) in [6, 6.07) is 5.82. The second-order valence-corrected chi connectivity index (χ2v) is 7.90. The molecule has 1 aromatic heterocycles. The molecule has 1 aromatic carbocycles. The molecule has 0 aliphatic carbocycles. The lowest BCUT2D eigenvalue weighted by molar-refractivity contribution is 0.0938. The Labute approximate surface area is 171 Å². The van der Waals surface area contributed by atoms with Crippen molar-refractivity contribution in [2.24, 2.45) is 0 Å². The minimum absolute atomic E-state index is 0.0662. The molecule has 0 saturated carbocycles. The Morgan fingerprint density at radius 2 is 2.21 bits per heavy atom. The van der Waals surface area contributed by atoms with Crippen LogP contribution in [-0.2, 0) is 13.1 Å². The molecule has 2 heterocycles. The summed E-state index contributed by atoms with van der Waals surface area (Å²) in [6.07, 6.45) is 6.09. The second-order valence-electron chi connectivity index (χ2n) is 7.90. The number of nitrogens with one attached hydrogen (secondary N) is 1. The average Bonchev–Trinajstić information content (AvgIpc) is 3.18. The molecule has 1 fully saturated rings. The van der Waals surface area contributed by atoms with Crippen LogP contribution in [0.5, 0.6) is 11.5 Å². The van der Waals surface area contributed by atoms with E-state index in [2.05, 4.69) is 20.5 Å². The molecule has 0 spiro atoms. The maximum atomic E-state index is 12.0. The van der Waals surface area contributed by atoms with E-state index in [1.165, 1.54) is 6.42 Å². The summed E-state index contributed by atoms with van der Waals surface area (Å²) in [5.41, 5.74) is 1.23. The SMILES string of the molecule is COc1ccc(O)c(CN2CCCCC2CCn2cc(C(=O)NC(C)C)nn2)c1. The van der Waals surface area contributed by atoms with Crippen LogP contribution in [0.3, 0.4) is 0 Å². The number of ether oxygens (including phenoxy) is 1. The van der Waals surface area contributed by atoms with Gasteiger partial charge in [0.2, 0.25) is 0 Å². The molecule has 1 aliphatic rings. The van der Waals surface area contributed by atoms with Gasteiger partial charge in [0.25, 0.3) is 5.91 Å². The first kappa shape index (κ1) is 21.1. The van der Waals surface area contributed by atoms with Crippen LogP contribution < -0.4 is 10.1 Å². The molecule has 1 amide bonds. The van der Waals surface area contributed by atoms with Gasteiger partial charge >= 0.3 is 0 Å². The summed E-state index contributed by atoms with van der Waals surface area (Å²) >= 11 is 0. The van der Waals surface area contributed by atoms with Crippen molar-refractivity contribution in [2.45, 2.75) is 64.7 Å². The van der Waals surface area contributed by atoms with Crippen molar-refractivity contribution in [3.8, 4) is 11.5 Å². The summed E-state index contributed by atoms with van der Waals surface area (Å²) in [4.78, 5) is 14.5. The molecule has 0 bridgehead atoms. The first-order chi connectivity index (χ1) is 14.0. The van der Waals surface area contributed by atoms with Gasteiger partial charge in [-0.05, 0) is 57.9 Å². The number of hydrogen-bond acceptors (Lipinski definition) is 6. The third-order valence-electron chi connectivity index (χ3n) is 5.29. The van der Waals surface area contributed by atoms with Gasteiger partial charge in [0, 0.05) is 30.7 Å². The molecule has 3 rings (SSSR count). The second kappa shape index (κ2) is 9.73. The van der Waals surface area contributed by atoms with Gasteiger partial charge in [-0.2, -0.15) is 0 Å². The van der Waals surface area contributed by atoms with Gasteiger partial charge in [-0.25, -0.2) is 0 Å². The largest absolute Gasteiger partial charge is 0.508 e. The van der Waals surface area contributed by atoms with Crippen molar-refractivity contribution in [1.29, 1.82) is 0 Å². The lowest BCUT2D eigenvalue weighted by Gasteiger charge is -2.36. The minimum Gasteiger partial charge on any atom is -0.508 e. The van der Waals surface area contributed by atoms with Crippen LogP contribution in [-0.4, -0.2) is 56.6 Å². The van der Waals surface area contributed by atoms with Gasteiger partial charge in [0.1, 0.15) is 11.5 Å². The number of carbonyl (C=O) groups excluding carboxylic acids is 1. The number of aryl methyl sites for hydroxylation is 1. The zero-order valence-corrected chi connectivity index (χ0v) is 17.5. The van der Waals surface area contributed by atoms with Gasteiger partial charge in [-0.15, -0.1) is 5.10 Å². The number of phenolic OH excluding ortho intramolecular Hbond substituents is 1. The number of rotatable bonds is 8. The lowest BCUT2D eigenvalue weighted by atomic mass is 9.98. The number of likely N-dealkylation sites (tertiary alicyclic amines) is 1. The highest BCUT2D eigenvalue weighted by Gasteiger charge is 2.24. The van der Waals surface area contributed by atoms with E-state index in [0.29, 0.717) is 30.6 Å². The fraction of sp³-hybridized carbons (Fsp3) is 0.571. The minimum atomic E-state index is -0.195. The van der Waals surface area contributed by atoms with Crippen molar-refractivity contribution < 1.29 is 14.6 Å². The number of aromatic hydroxyl groups is 1. The third kappa shape index (κ3) is 5.69. The van der Waals surface area contributed by atoms with Crippen LogP contribution in [0.4, 0.5) is 0 Å². The Morgan fingerprint density at radius 1 is 1.38 bits per heavy atom. The van der Waals surface area contributed by atoms with Crippen LogP contribution >= 0.6 is 0 Å². The van der Waals surface area contributed by atoms with E-state index >= 15 is 0 Å². The number of hydrogen-bond donors (Lipinski definition) is 2. The number of nitrogens with zero attached hydrogens (tertiary/aromatic N) is 4. The molecule has 1 atom stereocenters. The van der Waals surface area contributed by atoms with Crippen LogP contribution in [0.1, 0.15) is 55.6 Å². The summed E-state index contributed by atoms with van der Waals surface area (Å²) < 4.78 is 7.04. The summed E-state index contributed by atoms with van der Waals surface area (Å²) in [7, 11) is 1.63. The Kier molecular flexibility index (Phi) is 7.09. The quantitative estimate of drug-likeness (QED) is 0.706. The molecule has 2 N–H and O–H groups in total. The van der Waals surface area contributed by atoms with Crippen LogP contribution in [0.15, 0.2) is 24.4 Å². The van der Waals surface area contributed by atoms with Crippen molar-refractivity contribution in [3.63, 3.8) is 0 Å². The molecule has 1 saturated heterocycles.